The van der Waals surface area contributed by atoms with Gasteiger partial charge >= 0.3 is 6.18 Å². The van der Waals surface area contributed by atoms with Crippen molar-refractivity contribution in [2.45, 2.75) is 38.1 Å². The summed E-state index contributed by atoms with van der Waals surface area (Å²) in [4.78, 5) is 38.2. The average Bonchev–Trinajstić information content (AvgIpc) is 2.88. The lowest BCUT2D eigenvalue weighted by atomic mass is 9.91. The number of anilines is 1. The van der Waals surface area contributed by atoms with Gasteiger partial charge in [0.05, 0.1) is 23.8 Å². The zero-order chi connectivity index (χ0) is 30.1. The van der Waals surface area contributed by atoms with Crippen molar-refractivity contribution in [3.8, 4) is 16.9 Å². The Morgan fingerprint density at radius 3 is 2.56 bits per heavy atom. The lowest BCUT2D eigenvalue weighted by Gasteiger charge is -2.28. The first-order valence-electron chi connectivity index (χ1n) is 12.5. The predicted octanol–water partition coefficient (Wildman–Crippen LogP) is 5.12. The van der Waals surface area contributed by atoms with Crippen molar-refractivity contribution < 1.29 is 36.6 Å². The molecule has 1 aromatic heterocycles. The number of ether oxygens (including phenoxy) is 2. The van der Waals surface area contributed by atoms with Gasteiger partial charge in [-0.3, -0.25) is 19.0 Å². The second-order valence-corrected chi connectivity index (χ2v) is 10.1. The van der Waals surface area contributed by atoms with Crippen LogP contribution >= 0.6 is 11.6 Å². The molecule has 0 saturated carbocycles. The van der Waals surface area contributed by atoms with Crippen LogP contribution < -0.4 is 21.3 Å². The topological polar surface area (TPSA) is 113 Å². The molecular weight excluding hydrogens is 570 g/mol. The van der Waals surface area contributed by atoms with Gasteiger partial charge in [-0.15, -0.1) is 0 Å². The first-order valence-corrected chi connectivity index (χ1v) is 12.8. The molecule has 2 heterocycles. The Bertz CT molecular complexity index is 1540. The quantitative estimate of drug-likeness (QED) is 0.368. The number of carbonyl (C=O) groups excluding carboxylic acids is 2. The summed E-state index contributed by atoms with van der Waals surface area (Å²) in [6.45, 7) is 0.941. The van der Waals surface area contributed by atoms with Crippen molar-refractivity contribution >= 4 is 29.1 Å². The Morgan fingerprint density at radius 2 is 1.93 bits per heavy atom. The number of alkyl halides is 3. The highest BCUT2D eigenvalue weighted by atomic mass is 35.5. The van der Waals surface area contributed by atoms with Gasteiger partial charge in [0.15, 0.2) is 0 Å². The van der Waals surface area contributed by atoms with Crippen molar-refractivity contribution in [3.63, 3.8) is 0 Å². The third-order valence-electron chi connectivity index (χ3n) is 6.87. The normalized spacial score (nSPS) is 16.3. The van der Waals surface area contributed by atoms with Crippen molar-refractivity contribution in [2.75, 3.05) is 19.0 Å². The SMILES string of the molecule is CO[C@@H](C)C[C@@H](C(=O)Nc1ccc(C(N)=O)c(F)c1)n1cc2c(cc1=O)-c1cc(Cl)ccc1C[C@@H](C(F)(F)F)CO2. The minimum absolute atomic E-state index is 0.0142. The Labute approximate surface area is 237 Å². The summed E-state index contributed by atoms with van der Waals surface area (Å²) in [7, 11) is 1.40. The van der Waals surface area contributed by atoms with Crippen molar-refractivity contribution in [3.05, 3.63) is 81.0 Å². The third-order valence-corrected chi connectivity index (χ3v) is 7.11. The summed E-state index contributed by atoms with van der Waals surface area (Å²) in [6, 6.07) is 7.62. The van der Waals surface area contributed by atoms with Gasteiger partial charge in [0.2, 0.25) is 5.91 Å². The number of nitrogens with one attached hydrogen (secondary N) is 1. The fourth-order valence-corrected chi connectivity index (χ4v) is 4.75. The Kier molecular flexibility index (Phi) is 8.74. The molecule has 0 unspecified atom stereocenters. The highest BCUT2D eigenvalue weighted by molar-refractivity contribution is 6.30. The van der Waals surface area contributed by atoms with Crippen molar-refractivity contribution in [1.29, 1.82) is 0 Å². The summed E-state index contributed by atoms with van der Waals surface area (Å²) in [6.07, 6.45) is -4.32. The van der Waals surface area contributed by atoms with Gasteiger partial charge in [0.25, 0.3) is 11.5 Å². The van der Waals surface area contributed by atoms with Crippen LogP contribution in [0, 0.1) is 11.7 Å². The third kappa shape index (κ3) is 6.71. The fraction of sp³-hybridized carbons (Fsp3) is 0.321. The predicted molar refractivity (Wildman–Crippen MR) is 144 cm³/mol. The molecule has 0 bridgehead atoms. The molecule has 8 nitrogen and oxygen atoms in total. The fourth-order valence-electron chi connectivity index (χ4n) is 4.58. The number of rotatable bonds is 7. The molecular formula is C28H26ClF4N3O5. The van der Waals surface area contributed by atoms with Crippen molar-refractivity contribution in [1.82, 2.24) is 4.57 Å². The van der Waals surface area contributed by atoms with Gasteiger partial charge in [0, 0.05) is 35.9 Å². The van der Waals surface area contributed by atoms with E-state index in [0.717, 1.165) is 16.7 Å². The van der Waals surface area contributed by atoms with E-state index in [4.69, 9.17) is 26.8 Å². The Balaban J connectivity index is 1.78. The molecule has 0 saturated heterocycles. The molecule has 13 heteroatoms. The van der Waals surface area contributed by atoms with Crippen LogP contribution in [0.4, 0.5) is 23.2 Å². The minimum Gasteiger partial charge on any atom is -0.491 e. The smallest absolute Gasteiger partial charge is 0.395 e. The van der Waals surface area contributed by atoms with Crippen LogP contribution in [-0.4, -0.2) is 42.4 Å². The van der Waals surface area contributed by atoms with Crippen LogP contribution in [0.3, 0.4) is 0 Å². The Hall–Kier alpha value is -3.90. The molecule has 1 aliphatic heterocycles. The summed E-state index contributed by atoms with van der Waals surface area (Å²) < 4.78 is 67.6. The zero-order valence-electron chi connectivity index (χ0n) is 21.9. The molecule has 41 heavy (non-hydrogen) atoms. The first-order chi connectivity index (χ1) is 19.3. The number of primary amides is 1. The van der Waals surface area contributed by atoms with E-state index in [9.17, 15) is 31.9 Å². The number of nitrogens with zero attached hydrogens (tertiary/aromatic N) is 1. The number of nitrogens with two attached hydrogens (primary N) is 1. The molecule has 3 atom stereocenters. The largest absolute Gasteiger partial charge is 0.491 e. The number of methoxy groups -OCH3 is 1. The molecule has 2 aromatic carbocycles. The minimum atomic E-state index is -4.56. The van der Waals surface area contributed by atoms with E-state index in [1.165, 1.54) is 43.6 Å². The van der Waals surface area contributed by atoms with Gasteiger partial charge in [-0.1, -0.05) is 17.7 Å². The lowest BCUT2D eigenvalue weighted by molar-refractivity contribution is -0.181. The summed E-state index contributed by atoms with van der Waals surface area (Å²) in [5, 5.41) is 2.76. The molecule has 0 radical (unpaired) electrons. The number of amides is 2. The van der Waals surface area contributed by atoms with Gasteiger partial charge in [-0.2, -0.15) is 13.2 Å². The molecule has 0 aliphatic carbocycles. The molecule has 218 valence electrons. The molecule has 2 amide bonds. The first kappa shape index (κ1) is 30.1. The molecule has 1 aliphatic rings. The van der Waals surface area contributed by atoms with Crippen molar-refractivity contribution in [2.24, 2.45) is 11.7 Å². The van der Waals surface area contributed by atoms with Crippen LogP contribution in [0.5, 0.6) is 5.75 Å². The van der Waals surface area contributed by atoms with Crippen LogP contribution in [0.25, 0.3) is 11.1 Å². The second kappa shape index (κ2) is 11.9. The van der Waals surface area contributed by atoms with E-state index in [-0.39, 0.29) is 40.4 Å². The maximum atomic E-state index is 14.3. The molecule has 3 aromatic rings. The molecule has 4 rings (SSSR count). The maximum Gasteiger partial charge on any atom is 0.395 e. The van der Waals surface area contributed by atoms with E-state index in [2.05, 4.69) is 5.32 Å². The summed E-state index contributed by atoms with van der Waals surface area (Å²) in [5.41, 5.74) is 4.96. The van der Waals surface area contributed by atoms with Gasteiger partial charge < -0.3 is 20.5 Å². The van der Waals surface area contributed by atoms with E-state index in [1.54, 1.807) is 6.92 Å². The monoisotopic (exact) mass is 595 g/mol. The van der Waals surface area contributed by atoms with E-state index in [0.29, 0.717) is 11.1 Å². The van der Waals surface area contributed by atoms with Crippen LogP contribution in [0.2, 0.25) is 5.02 Å². The summed E-state index contributed by atoms with van der Waals surface area (Å²) >= 11 is 6.15. The van der Waals surface area contributed by atoms with E-state index >= 15 is 0 Å². The molecule has 0 spiro atoms. The van der Waals surface area contributed by atoms with Gasteiger partial charge in [-0.25, -0.2) is 4.39 Å². The highest BCUT2D eigenvalue weighted by Crippen LogP contribution is 2.40. The molecule has 3 N–H and O–H groups in total. The highest BCUT2D eigenvalue weighted by Gasteiger charge is 2.41. The number of halogens is 5. The standard InChI is InChI=1S/C28H26ClF4N3O5/c1-14(40-2)7-23(27(39)35-18-5-6-19(26(34)38)22(30)10-18)36-12-24-21(11-25(36)37)20-9-17(29)4-3-15(20)8-16(13-41-24)28(31,32)33/h3-6,9-12,14,16,23H,7-8,13H2,1-2H3,(H2,34,38)(H,35,39)/t14-,16+,23-/m0/s1. The number of hydrogen-bond donors (Lipinski definition) is 2. The number of benzene rings is 2. The number of pyridine rings is 1. The van der Waals surface area contributed by atoms with Crippen LogP contribution in [0.15, 0.2) is 53.5 Å². The zero-order valence-corrected chi connectivity index (χ0v) is 22.7. The van der Waals surface area contributed by atoms with E-state index < -0.39 is 54.0 Å². The maximum absolute atomic E-state index is 14.3. The second-order valence-electron chi connectivity index (χ2n) is 9.70. The van der Waals surface area contributed by atoms with E-state index in [1.807, 2.05) is 0 Å². The lowest BCUT2D eigenvalue weighted by Crippen LogP contribution is -2.36. The van der Waals surface area contributed by atoms with Crippen LogP contribution in [-0.2, 0) is 16.0 Å². The van der Waals surface area contributed by atoms with Gasteiger partial charge in [0.1, 0.15) is 24.2 Å². The summed E-state index contributed by atoms with van der Waals surface area (Å²) in [5.74, 6) is -4.58. The Morgan fingerprint density at radius 1 is 1.20 bits per heavy atom. The number of hydrogen-bond acceptors (Lipinski definition) is 5. The average molecular weight is 596 g/mol. The molecule has 0 fully saturated rings. The number of aromatic nitrogens is 1. The van der Waals surface area contributed by atoms with Gasteiger partial charge in [-0.05, 0) is 54.8 Å². The number of carbonyl (C=O) groups is 2. The number of fused-ring (bicyclic) bond motifs is 3. The van der Waals surface area contributed by atoms with Crippen LogP contribution in [0.1, 0.15) is 35.3 Å².